The van der Waals surface area contributed by atoms with E-state index in [0.717, 1.165) is 0 Å². The topological polar surface area (TPSA) is 139 Å². The summed E-state index contributed by atoms with van der Waals surface area (Å²) in [4.78, 5) is 37.3. The molecule has 0 fully saturated rings. The minimum Gasteiger partial charge on any atom is -0.478 e. The summed E-state index contributed by atoms with van der Waals surface area (Å²) in [5.41, 5.74) is 0.656. The van der Waals surface area contributed by atoms with Gasteiger partial charge in [0.15, 0.2) is 0 Å². The van der Waals surface area contributed by atoms with E-state index in [1.165, 1.54) is 12.1 Å². The highest BCUT2D eigenvalue weighted by atomic mass is 35.5. The van der Waals surface area contributed by atoms with Gasteiger partial charge in [0.25, 0.3) is 0 Å². The Morgan fingerprint density at radius 3 is 2.59 bits per heavy atom. The summed E-state index contributed by atoms with van der Waals surface area (Å²) in [6.45, 7) is 1.47. The molecule has 1 unspecified atom stereocenters. The Labute approximate surface area is 235 Å². The molecule has 3 rings (SSSR count). The third-order valence-corrected chi connectivity index (χ3v) is 6.06. The van der Waals surface area contributed by atoms with Crippen molar-refractivity contribution in [1.82, 2.24) is 10.6 Å². The van der Waals surface area contributed by atoms with Crippen LogP contribution in [0.2, 0.25) is 10.0 Å². The number of hydrogen-bond acceptors (Lipinski definition) is 7. The Hall–Kier alpha value is -3.41. The van der Waals surface area contributed by atoms with Gasteiger partial charge in [-0.3, -0.25) is 14.9 Å². The lowest BCUT2D eigenvalue weighted by Gasteiger charge is -2.18. The van der Waals surface area contributed by atoms with Crippen LogP contribution in [0.5, 0.6) is 0 Å². The zero-order valence-corrected chi connectivity index (χ0v) is 22.7. The van der Waals surface area contributed by atoms with Crippen molar-refractivity contribution in [2.75, 3.05) is 38.8 Å². The maximum Gasteiger partial charge on any atom is 0.337 e. The van der Waals surface area contributed by atoms with Crippen LogP contribution in [0.3, 0.4) is 0 Å². The van der Waals surface area contributed by atoms with Gasteiger partial charge in [0.1, 0.15) is 11.5 Å². The molecule has 39 heavy (non-hydrogen) atoms. The van der Waals surface area contributed by atoms with Crippen LogP contribution in [-0.2, 0) is 25.6 Å². The third kappa shape index (κ3) is 9.38. The quantitative estimate of drug-likeness (QED) is 0.197. The number of ether oxygens (including phenoxy) is 2. The fourth-order valence-electron chi connectivity index (χ4n) is 3.55. The summed E-state index contributed by atoms with van der Waals surface area (Å²) in [5, 5.41) is 18.7. The monoisotopic (exact) mass is 577 g/mol. The summed E-state index contributed by atoms with van der Waals surface area (Å²) in [6, 6.07) is 13.4. The minimum absolute atomic E-state index is 0.0728. The molecule has 0 saturated carbocycles. The molecule has 2 aromatic carbocycles. The predicted octanol–water partition coefficient (Wildman–Crippen LogP) is 4.22. The summed E-state index contributed by atoms with van der Waals surface area (Å²) in [5.74, 6) is -1.20. The van der Waals surface area contributed by atoms with E-state index < -0.39 is 23.8 Å². The highest BCUT2D eigenvalue weighted by Gasteiger charge is 2.24. The smallest absolute Gasteiger partial charge is 0.337 e. The van der Waals surface area contributed by atoms with Gasteiger partial charge >= 0.3 is 5.97 Å². The Morgan fingerprint density at radius 2 is 1.82 bits per heavy atom. The van der Waals surface area contributed by atoms with E-state index in [9.17, 15) is 19.5 Å². The van der Waals surface area contributed by atoms with Gasteiger partial charge in [-0.15, -0.1) is 0 Å². The van der Waals surface area contributed by atoms with Crippen molar-refractivity contribution in [1.29, 1.82) is 0 Å². The van der Waals surface area contributed by atoms with Crippen LogP contribution in [0.25, 0.3) is 11.3 Å². The molecule has 0 aliphatic rings. The number of benzene rings is 2. The highest BCUT2D eigenvalue weighted by molar-refractivity contribution is 6.35. The van der Waals surface area contributed by atoms with E-state index in [0.29, 0.717) is 40.3 Å². The van der Waals surface area contributed by atoms with Crippen LogP contribution in [0, 0.1) is 0 Å². The lowest BCUT2D eigenvalue weighted by Crippen LogP contribution is -2.44. The standard InChI is InChI=1S/C27H29Cl2N3O7/c1-37-12-13-38-11-10-30-25(33)15-23(26(34)32-22-5-3-2-4-19(22)27(35)36)31-16-18-7-9-24(39-18)20-14-17(28)6-8-21(20)29/h2-9,14,23,31H,10-13,15-16H2,1H3,(H,30,33)(H,32,34)(H,35,36). The summed E-state index contributed by atoms with van der Waals surface area (Å²) in [7, 11) is 1.56. The number of carbonyl (C=O) groups excluding carboxylic acids is 2. The molecule has 0 saturated heterocycles. The van der Waals surface area contributed by atoms with Gasteiger partial charge in [0.05, 0.1) is 55.1 Å². The molecule has 4 N–H and O–H groups in total. The molecule has 10 nitrogen and oxygen atoms in total. The first kappa shape index (κ1) is 30.1. The second kappa shape index (κ2) is 15.2. The molecule has 0 aliphatic carbocycles. The Morgan fingerprint density at radius 1 is 1.03 bits per heavy atom. The van der Waals surface area contributed by atoms with Crippen LogP contribution in [0.1, 0.15) is 22.5 Å². The molecular weight excluding hydrogens is 549 g/mol. The predicted molar refractivity (Wildman–Crippen MR) is 147 cm³/mol. The zero-order chi connectivity index (χ0) is 28.2. The first-order chi connectivity index (χ1) is 18.8. The Balaban J connectivity index is 1.68. The number of nitrogens with one attached hydrogen (secondary N) is 3. The largest absolute Gasteiger partial charge is 0.478 e. The molecule has 0 aliphatic heterocycles. The third-order valence-electron chi connectivity index (χ3n) is 5.50. The van der Waals surface area contributed by atoms with Crippen molar-refractivity contribution < 1.29 is 33.4 Å². The summed E-state index contributed by atoms with van der Waals surface area (Å²) < 4.78 is 16.1. The minimum atomic E-state index is -1.19. The van der Waals surface area contributed by atoms with Gasteiger partial charge in [0.2, 0.25) is 11.8 Å². The summed E-state index contributed by atoms with van der Waals surface area (Å²) >= 11 is 12.3. The number of methoxy groups -OCH3 is 1. The van der Waals surface area contributed by atoms with Crippen molar-refractivity contribution in [3.63, 3.8) is 0 Å². The molecule has 2 amide bonds. The van der Waals surface area contributed by atoms with Crippen LogP contribution in [0.15, 0.2) is 59.0 Å². The van der Waals surface area contributed by atoms with Crippen molar-refractivity contribution in [3.05, 3.63) is 76.0 Å². The van der Waals surface area contributed by atoms with Gasteiger partial charge in [0, 0.05) is 24.2 Å². The molecule has 1 heterocycles. The first-order valence-corrected chi connectivity index (χ1v) is 12.8. The van der Waals surface area contributed by atoms with Gasteiger partial charge in [-0.05, 0) is 42.5 Å². The average molecular weight is 578 g/mol. The van der Waals surface area contributed by atoms with Gasteiger partial charge in [-0.25, -0.2) is 4.79 Å². The van der Waals surface area contributed by atoms with E-state index >= 15 is 0 Å². The van der Waals surface area contributed by atoms with Crippen molar-refractivity contribution in [3.8, 4) is 11.3 Å². The van der Waals surface area contributed by atoms with E-state index in [1.807, 2.05) is 0 Å². The average Bonchev–Trinajstić information content (AvgIpc) is 3.39. The zero-order valence-electron chi connectivity index (χ0n) is 21.2. The number of amides is 2. The molecule has 3 aromatic rings. The second-order valence-electron chi connectivity index (χ2n) is 8.32. The molecule has 0 spiro atoms. The number of carboxylic acids is 1. The molecule has 0 bridgehead atoms. The first-order valence-electron chi connectivity index (χ1n) is 12.0. The SMILES string of the molecule is COCCOCCNC(=O)CC(NCc1ccc(-c2cc(Cl)ccc2Cl)o1)C(=O)Nc1ccccc1C(=O)O. The van der Waals surface area contributed by atoms with Crippen LogP contribution < -0.4 is 16.0 Å². The number of carbonyl (C=O) groups is 3. The van der Waals surface area contributed by atoms with Gasteiger partial charge in [-0.1, -0.05) is 35.3 Å². The molecule has 0 radical (unpaired) electrons. The molecule has 12 heteroatoms. The van der Waals surface area contributed by atoms with Crippen LogP contribution in [0.4, 0.5) is 5.69 Å². The maximum atomic E-state index is 13.2. The normalized spacial score (nSPS) is 11.7. The number of aromatic carboxylic acids is 1. The van der Waals surface area contributed by atoms with E-state index in [-0.39, 0.29) is 37.4 Å². The lowest BCUT2D eigenvalue weighted by molar-refractivity contribution is -0.126. The van der Waals surface area contributed by atoms with Crippen molar-refractivity contribution >= 4 is 46.7 Å². The fourth-order valence-corrected chi connectivity index (χ4v) is 3.93. The molecule has 1 atom stereocenters. The number of anilines is 1. The van der Waals surface area contributed by atoms with Crippen LogP contribution >= 0.6 is 23.2 Å². The van der Waals surface area contributed by atoms with E-state index in [2.05, 4.69) is 16.0 Å². The summed E-state index contributed by atoms with van der Waals surface area (Å²) in [6.07, 6.45) is -0.215. The molecule has 208 valence electrons. The Kier molecular flexibility index (Phi) is 11.8. The van der Waals surface area contributed by atoms with E-state index in [4.69, 9.17) is 37.1 Å². The fraction of sp³-hybridized carbons (Fsp3) is 0.296. The van der Waals surface area contributed by atoms with Crippen molar-refractivity contribution in [2.45, 2.75) is 19.0 Å². The number of halogens is 2. The number of carboxylic acid groups (broad SMARTS) is 1. The maximum absolute atomic E-state index is 13.2. The lowest BCUT2D eigenvalue weighted by atomic mass is 10.1. The van der Waals surface area contributed by atoms with Crippen molar-refractivity contribution in [2.24, 2.45) is 0 Å². The molecule has 1 aromatic heterocycles. The number of para-hydroxylation sites is 1. The Bertz CT molecular complexity index is 1280. The molecular formula is C27H29Cl2N3O7. The number of rotatable bonds is 15. The number of hydrogen-bond donors (Lipinski definition) is 4. The second-order valence-corrected chi connectivity index (χ2v) is 9.17. The van der Waals surface area contributed by atoms with Gasteiger partial charge < -0.3 is 29.6 Å². The number of furan rings is 1. The highest BCUT2D eigenvalue weighted by Crippen LogP contribution is 2.31. The van der Waals surface area contributed by atoms with E-state index in [1.54, 1.807) is 49.6 Å². The van der Waals surface area contributed by atoms with Gasteiger partial charge in [-0.2, -0.15) is 0 Å². The van der Waals surface area contributed by atoms with Crippen LogP contribution in [-0.4, -0.2) is 62.4 Å².